The molecule has 28 heavy (non-hydrogen) atoms. The van der Waals surface area contributed by atoms with E-state index in [0.29, 0.717) is 0 Å². The second-order valence-electron chi connectivity index (χ2n) is 9.32. The fraction of sp³-hybridized carbons (Fsp3) is 0.462. The summed E-state index contributed by atoms with van der Waals surface area (Å²) in [5, 5.41) is 0. The third-order valence-corrected chi connectivity index (χ3v) is 5.73. The van der Waals surface area contributed by atoms with Crippen LogP contribution in [0.1, 0.15) is 56.7 Å². The molecule has 0 N–H and O–H groups in total. The Morgan fingerprint density at radius 1 is 0.929 bits per heavy atom. The zero-order valence-electron chi connectivity index (χ0n) is 18.2. The van der Waals surface area contributed by atoms with Crippen LogP contribution in [-0.4, -0.2) is 31.6 Å². The summed E-state index contributed by atoms with van der Waals surface area (Å²) in [6.45, 7) is 15.3. The number of hydrogen-bond acceptors (Lipinski definition) is 2. The van der Waals surface area contributed by atoms with E-state index in [4.69, 9.17) is 0 Å². The van der Waals surface area contributed by atoms with Gasteiger partial charge in [0, 0.05) is 31.9 Å². The zero-order chi connectivity index (χ0) is 20.1. The number of piperidine rings is 1. The van der Waals surface area contributed by atoms with Crippen LogP contribution < -0.4 is 4.90 Å². The smallest absolute Gasteiger partial charge is 0.0366 e. The summed E-state index contributed by atoms with van der Waals surface area (Å²) in [5.74, 6) is 0. The molecule has 150 valence electrons. The number of likely N-dealkylation sites (N-methyl/N-ethyl adjacent to an activating group) is 1. The van der Waals surface area contributed by atoms with Gasteiger partial charge < -0.3 is 4.90 Å². The van der Waals surface area contributed by atoms with Crippen molar-refractivity contribution in [3.05, 3.63) is 71.8 Å². The van der Waals surface area contributed by atoms with Gasteiger partial charge in [-0.3, -0.25) is 4.90 Å². The van der Waals surface area contributed by atoms with E-state index in [1.165, 1.54) is 60.3 Å². The average Bonchev–Trinajstić information content (AvgIpc) is 2.68. The predicted molar refractivity (Wildman–Crippen MR) is 123 cm³/mol. The molecule has 2 aromatic rings. The first-order chi connectivity index (χ1) is 13.3. The van der Waals surface area contributed by atoms with Crippen LogP contribution in [0.4, 0.5) is 5.69 Å². The van der Waals surface area contributed by atoms with E-state index >= 15 is 0 Å². The summed E-state index contributed by atoms with van der Waals surface area (Å²) in [6, 6.07) is 18.0. The summed E-state index contributed by atoms with van der Waals surface area (Å²) >= 11 is 0. The van der Waals surface area contributed by atoms with Gasteiger partial charge in [-0.25, -0.2) is 0 Å². The lowest BCUT2D eigenvalue weighted by Gasteiger charge is -2.29. The second kappa shape index (κ2) is 8.96. The SMILES string of the molecule is C=C(CN(C)Cc1ccc(C(C)(C)C)cc1)c1ccc(N2CCCCC2)cc1. The molecule has 0 radical (unpaired) electrons. The fourth-order valence-corrected chi connectivity index (χ4v) is 3.95. The van der Waals surface area contributed by atoms with E-state index in [1.807, 2.05) is 0 Å². The molecule has 1 heterocycles. The molecule has 0 atom stereocenters. The topological polar surface area (TPSA) is 6.48 Å². The lowest BCUT2D eigenvalue weighted by atomic mass is 9.87. The molecule has 1 aliphatic heterocycles. The molecule has 3 rings (SSSR count). The molecule has 1 aliphatic rings. The Bertz CT molecular complexity index is 760. The Kier molecular flexibility index (Phi) is 6.61. The lowest BCUT2D eigenvalue weighted by Crippen LogP contribution is -2.29. The monoisotopic (exact) mass is 376 g/mol. The van der Waals surface area contributed by atoms with Crippen molar-refractivity contribution in [3.8, 4) is 0 Å². The van der Waals surface area contributed by atoms with Crippen LogP contribution in [-0.2, 0) is 12.0 Å². The third kappa shape index (κ3) is 5.48. The maximum absolute atomic E-state index is 4.34. The molecule has 1 fully saturated rings. The largest absolute Gasteiger partial charge is 0.372 e. The molecule has 2 nitrogen and oxygen atoms in total. The molecule has 0 spiro atoms. The summed E-state index contributed by atoms with van der Waals surface area (Å²) in [6.07, 6.45) is 4.00. The van der Waals surface area contributed by atoms with E-state index in [-0.39, 0.29) is 5.41 Å². The minimum Gasteiger partial charge on any atom is -0.372 e. The molecule has 0 bridgehead atoms. The number of hydrogen-bond donors (Lipinski definition) is 0. The number of benzene rings is 2. The van der Waals surface area contributed by atoms with Crippen molar-refractivity contribution >= 4 is 11.3 Å². The average molecular weight is 377 g/mol. The summed E-state index contributed by atoms with van der Waals surface area (Å²) in [7, 11) is 2.17. The van der Waals surface area contributed by atoms with Crippen molar-refractivity contribution in [1.29, 1.82) is 0 Å². The van der Waals surface area contributed by atoms with Crippen molar-refractivity contribution in [3.63, 3.8) is 0 Å². The van der Waals surface area contributed by atoms with Gasteiger partial charge in [-0.15, -0.1) is 0 Å². The highest BCUT2D eigenvalue weighted by Crippen LogP contribution is 2.24. The third-order valence-electron chi connectivity index (χ3n) is 5.73. The van der Waals surface area contributed by atoms with Crippen LogP contribution in [0, 0.1) is 0 Å². The van der Waals surface area contributed by atoms with Gasteiger partial charge in [-0.05, 0) is 66.1 Å². The van der Waals surface area contributed by atoms with E-state index in [9.17, 15) is 0 Å². The van der Waals surface area contributed by atoms with Gasteiger partial charge in [-0.1, -0.05) is 63.7 Å². The minimum absolute atomic E-state index is 0.207. The van der Waals surface area contributed by atoms with Crippen molar-refractivity contribution in [1.82, 2.24) is 4.90 Å². The second-order valence-corrected chi connectivity index (χ2v) is 9.32. The Balaban J connectivity index is 1.55. The quantitative estimate of drug-likeness (QED) is 0.599. The summed E-state index contributed by atoms with van der Waals surface area (Å²) in [5.41, 5.74) is 6.72. The fourth-order valence-electron chi connectivity index (χ4n) is 3.95. The highest BCUT2D eigenvalue weighted by atomic mass is 15.1. The van der Waals surface area contributed by atoms with Crippen LogP contribution in [0.2, 0.25) is 0 Å². The van der Waals surface area contributed by atoms with Gasteiger partial charge in [-0.2, -0.15) is 0 Å². The first-order valence-corrected chi connectivity index (χ1v) is 10.6. The van der Waals surface area contributed by atoms with Gasteiger partial charge in [0.2, 0.25) is 0 Å². The maximum Gasteiger partial charge on any atom is 0.0366 e. The van der Waals surface area contributed by atoms with E-state index in [1.54, 1.807) is 0 Å². The zero-order valence-corrected chi connectivity index (χ0v) is 18.2. The number of rotatable bonds is 6. The molecule has 0 saturated carbocycles. The summed E-state index contributed by atoms with van der Waals surface area (Å²) in [4.78, 5) is 4.84. The molecule has 0 unspecified atom stereocenters. The van der Waals surface area contributed by atoms with Gasteiger partial charge in [0.1, 0.15) is 0 Å². The highest BCUT2D eigenvalue weighted by Gasteiger charge is 2.14. The first kappa shape index (κ1) is 20.7. The van der Waals surface area contributed by atoms with Gasteiger partial charge in [0.05, 0.1) is 0 Å². The van der Waals surface area contributed by atoms with Crippen LogP contribution in [0.25, 0.3) is 5.57 Å². The van der Waals surface area contributed by atoms with Gasteiger partial charge >= 0.3 is 0 Å². The van der Waals surface area contributed by atoms with Crippen molar-refractivity contribution in [2.24, 2.45) is 0 Å². The molecular weight excluding hydrogens is 340 g/mol. The van der Waals surface area contributed by atoms with Crippen LogP contribution in [0.5, 0.6) is 0 Å². The molecular formula is C26H36N2. The standard InChI is InChI=1S/C26H36N2/c1-21(23-11-15-25(16-12-23)28-17-7-6-8-18-28)19-27(5)20-22-9-13-24(14-10-22)26(2,3)4/h9-16H,1,6-8,17-20H2,2-5H3. The Morgan fingerprint density at radius 3 is 2.11 bits per heavy atom. The number of nitrogens with zero attached hydrogens (tertiary/aromatic N) is 2. The van der Waals surface area contributed by atoms with Crippen molar-refractivity contribution < 1.29 is 0 Å². The molecule has 0 aliphatic carbocycles. The van der Waals surface area contributed by atoms with Crippen LogP contribution in [0.3, 0.4) is 0 Å². The molecule has 0 amide bonds. The Morgan fingerprint density at radius 2 is 1.54 bits per heavy atom. The van der Waals surface area contributed by atoms with Gasteiger partial charge in [0.25, 0.3) is 0 Å². The van der Waals surface area contributed by atoms with E-state index in [2.05, 4.69) is 92.7 Å². The van der Waals surface area contributed by atoms with E-state index < -0.39 is 0 Å². The Hall–Kier alpha value is -2.06. The lowest BCUT2D eigenvalue weighted by molar-refractivity contribution is 0.369. The normalized spacial score (nSPS) is 15.1. The molecule has 0 aromatic heterocycles. The first-order valence-electron chi connectivity index (χ1n) is 10.6. The van der Waals surface area contributed by atoms with Gasteiger partial charge in [0.15, 0.2) is 0 Å². The molecule has 1 saturated heterocycles. The maximum atomic E-state index is 4.34. The molecule has 2 aromatic carbocycles. The minimum atomic E-state index is 0.207. The van der Waals surface area contributed by atoms with Crippen molar-refractivity contribution in [2.75, 3.05) is 31.6 Å². The predicted octanol–water partition coefficient (Wildman–Crippen LogP) is 6.12. The van der Waals surface area contributed by atoms with Crippen LogP contribution in [0.15, 0.2) is 55.1 Å². The highest BCUT2D eigenvalue weighted by molar-refractivity contribution is 5.67. The molecule has 2 heteroatoms. The number of anilines is 1. The summed E-state index contributed by atoms with van der Waals surface area (Å²) < 4.78 is 0. The van der Waals surface area contributed by atoms with Crippen molar-refractivity contribution in [2.45, 2.75) is 52.0 Å². The van der Waals surface area contributed by atoms with Crippen LogP contribution >= 0.6 is 0 Å². The Labute approximate surface area is 171 Å². The van der Waals surface area contributed by atoms with E-state index in [0.717, 1.165) is 13.1 Å².